The molecule has 0 unspecified atom stereocenters. The van der Waals surface area contributed by atoms with Crippen LogP contribution in [0.2, 0.25) is 0 Å². The van der Waals surface area contributed by atoms with Gasteiger partial charge in [-0.25, -0.2) is 0 Å². The quantitative estimate of drug-likeness (QED) is 0.877. The van der Waals surface area contributed by atoms with E-state index in [2.05, 4.69) is 20.3 Å². The van der Waals surface area contributed by atoms with Gasteiger partial charge in [0, 0.05) is 21.1 Å². The van der Waals surface area contributed by atoms with E-state index in [1.807, 2.05) is 36.5 Å². The highest BCUT2D eigenvalue weighted by Crippen LogP contribution is 2.23. The van der Waals surface area contributed by atoms with Crippen LogP contribution in [0.3, 0.4) is 0 Å². The molecule has 16 heavy (non-hydrogen) atoms. The minimum absolute atomic E-state index is 0.585. The number of nitrogens with zero attached hydrogens (tertiary/aromatic N) is 4. The molecule has 0 aliphatic carbocycles. The first-order valence-corrected chi connectivity index (χ1v) is 5.73. The first-order valence-electron chi connectivity index (χ1n) is 4.85. The highest BCUT2D eigenvalue weighted by molar-refractivity contribution is 7.13. The topological polar surface area (TPSA) is 53.9 Å². The van der Waals surface area contributed by atoms with E-state index in [1.54, 1.807) is 18.4 Å². The fourth-order valence-electron chi connectivity index (χ4n) is 1.19. The molecule has 0 saturated heterocycles. The molecule has 0 atom stereocenters. The zero-order valence-electron chi connectivity index (χ0n) is 9.43. The number of rotatable bonds is 3. The van der Waals surface area contributed by atoms with Gasteiger partial charge in [0.15, 0.2) is 5.82 Å². The fourth-order valence-corrected chi connectivity index (χ4v) is 1.85. The molecule has 0 aliphatic rings. The second-order valence-corrected chi connectivity index (χ2v) is 4.35. The molecule has 0 bridgehead atoms. The van der Waals surface area contributed by atoms with Gasteiger partial charge in [0.1, 0.15) is 0 Å². The number of thiophene rings is 1. The Bertz CT molecular complexity index is 466. The van der Waals surface area contributed by atoms with Gasteiger partial charge in [0.2, 0.25) is 11.9 Å². The van der Waals surface area contributed by atoms with Crippen LogP contribution in [0.25, 0.3) is 10.7 Å². The summed E-state index contributed by atoms with van der Waals surface area (Å²) < 4.78 is 0. The van der Waals surface area contributed by atoms with Gasteiger partial charge in [-0.2, -0.15) is 15.0 Å². The molecule has 0 fully saturated rings. The van der Waals surface area contributed by atoms with Crippen LogP contribution < -0.4 is 10.2 Å². The molecule has 6 heteroatoms. The lowest BCUT2D eigenvalue weighted by Crippen LogP contribution is -2.15. The molecule has 2 heterocycles. The van der Waals surface area contributed by atoms with Crippen molar-refractivity contribution < 1.29 is 0 Å². The molecule has 0 radical (unpaired) electrons. The molecule has 2 aromatic heterocycles. The van der Waals surface area contributed by atoms with Crippen LogP contribution in [0, 0.1) is 0 Å². The Morgan fingerprint density at radius 3 is 2.62 bits per heavy atom. The van der Waals surface area contributed by atoms with Crippen molar-refractivity contribution in [3.8, 4) is 10.7 Å². The van der Waals surface area contributed by atoms with Crippen LogP contribution in [0.15, 0.2) is 17.5 Å². The van der Waals surface area contributed by atoms with E-state index in [9.17, 15) is 0 Å². The highest BCUT2D eigenvalue weighted by Gasteiger charge is 2.09. The molecule has 0 saturated carbocycles. The normalized spacial score (nSPS) is 10.2. The molecular weight excluding hydrogens is 222 g/mol. The van der Waals surface area contributed by atoms with Crippen LogP contribution in [0.1, 0.15) is 0 Å². The maximum Gasteiger partial charge on any atom is 0.230 e. The van der Waals surface area contributed by atoms with Gasteiger partial charge in [-0.3, -0.25) is 0 Å². The smallest absolute Gasteiger partial charge is 0.230 e. The maximum absolute atomic E-state index is 4.40. The van der Waals surface area contributed by atoms with E-state index in [1.165, 1.54) is 0 Å². The molecule has 84 valence electrons. The molecule has 2 rings (SSSR count). The average Bonchev–Trinajstić information content (AvgIpc) is 2.81. The minimum atomic E-state index is 0.585. The van der Waals surface area contributed by atoms with Crippen LogP contribution in [0.4, 0.5) is 11.9 Å². The van der Waals surface area contributed by atoms with Gasteiger partial charge in [-0.15, -0.1) is 11.3 Å². The van der Waals surface area contributed by atoms with Crippen LogP contribution in [-0.2, 0) is 0 Å². The summed E-state index contributed by atoms with van der Waals surface area (Å²) in [5, 5.41) is 4.95. The Hall–Kier alpha value is -1.69. The Morgan fingerprint density at radius 2 is 2.06 bits per heavy atom. The predicted molar refractivity (Wildman–Crippen MR) is 67.0 cm³/mol. The summed E-state index contributed by atoms with van der Waals surface area (Å²) in [5.41, 5.74) is 0. The summed E-state index contributed by atoms with van der Waals surface area (Å²) in [6.07, 6.45) is 0. The standard InChI is InChI=1S/C10H13N5S/c1-11-9-12-8(7-5-4-6-16-7)13-10(14-9)15(2)3/h4-6H,1-3H3,(H,11,12,13,14). The molecule has 0 amide bonds. The van der Waals surface area contributed by atoms with Crippen molar-refractivity contribution in [2.45, 2.75) is 0 Å². The summed E-state index contributed by atoms with van der Waals surface area (Å²) in [6.45, 7) is 0. The van der Waals surface area contributed by atoms with E-state index in [0.717, 1.165) is 4.88 Å². The summed E-state index contributed by atoms with van der Waals surface area (Å²) in [7, 11) is 5.62. The number of aromatic nitrogens is 3. The Balaban J connectivity index is 2.49. The van der Waals surface area contributed by atoms with E-state index in [-0.39, 0.29) is 0 Å². The summed E-state index contributed by atoms with van der Waals surface area (Å²) in [6, 6.07) is 3.98. The van der Waals surface area contributed by atoms with Gasteiger partial charge in [-0.1, -0.05) is 6.07 Å². The molecule has 1 N–H and O–H groups in total. The lowest BCUT2D eigenvalue weighted by atomic mass is 10.4. The third kappa shape index (κ3) is 2.11. The number of hydrogen-bond donors (Lipinski definition) is 1. The van der Waals surface area contributed by atoms with Gasteiger partial charge in [-0.05, 0) is 11.4 Å². The number of anilines is 2. The zero-order chi connectivity index (χ0) is 11.5. The van der Waals surface area contributed by atoms with Crippen LogP contribution in [-0.4, -0.2) is 36.1 Å². The highest BCUT2D eigenvalue weighted by atomic mass is 32.1. The van der Waals surface area contributed by atoms with Crippen LogP contribution in [0.5, 0.6) is 0 Å². The zero-order valence-corrected chi connectivity index (χ0v) is 10.2. The Kier molecular flexibility index (Phi) is 3.00. The Morgan fingerprint density at radius 1 is 1.25 bits per heavy atom. The van der Waals surface area contributed by atoms with E-state index in [4.69, 9.17) is 0 Å². The largest absolute Gasteiger partial charge is 0.357 e. The first-order chi connectivity index (χ1) is 7.70. The van der Waals surface area contributed by atoms with Crippen LogP contribution >= 0.6 is 11.3 Å². The average molecular weight is 235 g/mol. The minimum Gasteiger partial charge on any atom is -0.357 e. The Labute approximate surface area is 98.2 Å². The van der Waals surface area contributed by atoms with E-state index < -0.39 is 0 Å². The van der Waals surface area contributed by atoms with Crippen molar-refractivity contribution >= 4 is 23.2 Å². The van der Waals surface area contributed by atoms with Gasteiger partial charge < -0.3 is 10.2 Å². The third-order valence-corrected chi connectivity index (χ3v) is 2.85. The van der Waals surface area contributed by atoms with Crippen molar-refractivity contribution in [3.63, 3.8) is 0 Å². The fraction of sp³-hybridized carbons (Fsp3) is 0.300. The third-order valence-electron chi connectivity index (χ3n) is 1.99. The number of hydrogen-bond acceptors (Lipinski definition) is 6. The van der Waals surface area contributed by atoms with Gasteiger partial charge >= 0.3 is 0 Å². The summed E-state index contributed by atoms with van der Waals surface area (Å²) in [5.74, 6) is 1.95. The van der Waals surface area contributed by atoms with Crippen molar-refractivity contribution in [1.29, 1.82) is 0 Å². The van der Waals surface area contributed by atoms with Crippen molar-refractivity contribution in [3.05, 3.63) is 17.5 Å². The lowest BCUT2D eigenvalue weighted by molar-refractivity contribution is 0.965. The molecule has 0 aliphatic heterocycles. The molecular formula is C10H13N5S. The molecule has 0 spiro atoms. The SMILES string of the molecule is CNc1nc(-c2cccs2)nc(N(C)C)n1. The molecule has 5 nitrogen and oxygen atoms in total. The van der Waals surface area contributed by atoms with E-state index in [0.29, 0.717) is 17.7 Å². The lowest BCUT2D eigenvalue weighted by Gasteiger charge is -2.11. The van der Waals surface area contributed by atoms with Gasteiger partial charge in [0.25, 0.3) is 0 Å². The van der Waals surface area contributed by atoms with E-state index >= 15 is 0 Å². The summed E-state index contributed by atoms with van der Waals surface area (Å²) >= 11 is 1.62. The molecule has 0 aromatic carbocycles. The van der Waals surface area contributed by atoms with Gasteiger partial charge in [0.05, 0.1) is 4.88 Å². The second kappa shape index (κ2) is 4.44. The number of nitrogens with one attached hydrogen (secondary N) is 1. The second-order valence-electron chi connectivity index (χ2n) is 3.40. The van der Waals surface area contributed by atoms with Crippen molar-refractivity contribution in [1.82, 2.24) is 15.0 Å². The first kappa shape index (κ1) is 10.8. The predicted octanol–water partition coefficient (Wildman–Crippen LogP) is 1.71. The maximum atomic E-state index is 4.40. The van der Waals surface area contributed by atoms with Crippen molar-refractivity contribution in [2.75, 3.05) is 31.4 Å². The monoisotopic (exact) mass is 235 g/mol. The summed E-state index contributed by atoms with van der Waals surface area (Å²) in [4.78, 5) is 15.9. The molecule has 2 aromatic rings. The van der Waals surface area contributed by atoms with Crippen molar-refractivity contribution in [2.24, 2.45) is 0 Å².